The highest BCUT2D eigenvalue weighted by Crippen LogP contribution is 2.39. The zero-order valence-electron chi connectivity index (χ0n) is 13.6. The average molecular weight is 315 g/mol. The van der Waals surface area contributed by atoms with Crippen LogP contribution in [0, 0.1) is 5.92 Å². The fraction of sp³-hybridized carbons (Fsp3) is 0.706. The molecule has 3 fully saturated rings. The summed E-state index contributed by atoms with van der Waals surface area (Å²) in [5.74, 6) is 1.94. The van der Waals surface area contributed by atoms with Crippen molar-refractivity contribution < 1.29 is 4.79 Å². The summed E-state index contributed by atoms with van der Waals surface area (Å²) in [4.78, 5) is 27.8. The summed E-state index contributed by atoms with van der Waals surface area (Å²) >= 11 is 0. The minimum atomic E-state index is 0.297. The molecule has 0 bridgehead atoms. The van der Waals surface area contributed by atoms with Crippen LogP contribution in [-0.4, -0.2) is 71.0 Å². The van der Waals surface area contributed by atoms with E-state index in [0.717, 1.165) is 44.6 Å². The monoisotopic (exact) mass is 315 g/mol. The van der Waals surface area contributed by atoms with Gasteiger partial charge in [-0.15, -0.1) is 0 Å². The third kappa shape index (κ3) is 3.32. The molecule has 124 valence electrons. The Morgan fingerprint density at radius 2 is 1.78 bits per heavy atom. The number of carbonyl (C=O) groups is 1. The maximum atomic E-state index is 12.6. The number of hydrogen-bond donors (Lipinski definition) is 0. The van der Waals surface area contributed by atoms with E-state index in [4.69, 9.17) is 0 Å². The molecule has 1 atom stereocenters. The van der Waals surface area contributed by atoms with Crippen molar-refractivity contribution in [3.63, 3.8) is 0 Å². The van der Waals surface area contributed by atoms with E-state index in [1.807, 2.05) is 11.0 Å². The summed E-state index contributed by atoms with van der Waals surface area (Å²) < 4.78 is 0. The molecular formula is C17H25N5O. The standard InChI is InChI=1S/C17H25N5O/c23-16(13-22-8-1-3-15(22)14-4-5-14)20-9-11-21(12-10-20)17-18-6-2-7-19-17/h2,6-7,14-15H,1,3-5,8-13H2. The zero-order valence-corrected chi connectivity index (χ0v) is 13.6. The van der Waals surface area contributed by atoms with E-state index in [-0.39, 0.29) is 0 Å². The van der Waals surface area contributed by atoms with Crippen LogP contribution in [0.25, 0.3) is 0 Å². The molecule has 3 aliphatic rings. The van der Waals surface area contributed by atoms with Crippen LogP contribution in [-0.2, 0) is 4.79 Å². The van der Waals surface area contributed by atoms with Gasteiger partial charge in [0.25, 0.3) is 0 Å². The van der Waals surface area contributed by atoms with Gasteiger partial charge in [-0.2, -0.15) is 0 Å². The second-order valence-electron chi connectivity index (χ2n) is 6.93. The van der Waals surface area contributed by atoms with E-state index >= 15 is 0 Å². The summed E-state index contributed by atoms with van der Waals surface area (Å²) in [7, 11) is 0. The number of anilines is 1. The lowest BCUT2D eigenvalue weighted by atomic mass is 10.1. The molecule has 2 saturated heterocycles. The lowest BCUT2D eigenvalue weighted by molar-refractivity contribution is -0.133. The summed E-state index contributed by atoms with van der Waals surface area (Å²) in [6, 6.07) is 2.51. The second kappa shape index (κ2) is 6.43. The van der Waals surface area contributed by atoms with Crippen molar-refractivity contribution in [2.24, 2.45) is 5.92 Å². The summed E-state index contributed by atoms with van der Waals surface area (Å²) in [6.07, 6.45) is 8.82. The number of amides is 1. The number of rotatable bonds is 4. The molecule has 23 heavy (non-hydrogen) atoms. The highest BCUT2D eigenvalue weighted by atomic mass is 16.2. The van der Waals surface area contributed by atoms with Gasteiger partial charge in [-0.1, -0.05) is 0 Å². The van der Waals surface area contributed by atoms with Gasteiger partial charge in [-0.05, 0) is 44.2 Å². The molecule has 4 rings (SSSR count). The number of carbonyl (C=O) groups excluding carboxylic acids is 1. The minimum Gasteiger partial charge on any atom is -0.338 e. The molecule has 6 heteroatoms. The topological polar surface area (TPSA) is 52.6 Å². The van der Waals surface area contributed by atoms with Crippen LogP contribution in [0.15, 0.2) is 18.5 Å². The fourth-order valence-corrected chi connectivity index (χ4v) is 3.95. The summed E-state index contributed by atoms with van der Waals surface area (Å²) in [6.45, 7) is 4.91. The Morgan fingerprint density at radius 3 is 2.48 bits per heavy atom. The molecule has 3 heterocycles. The molecule has 1 saturated carbocycles. The predicted molar refractivity (Wildman–Crippen MR) is 88.1 cm³/mol. The van der Waals surface area contributed by atoms with Gasteiger partial charge in [0.05, 0.1) is 6.54 Å². The highest BCUT2D eigenvalue weighted by Gasteiger charge is 2.39. The van der Waals surface area contributed by atoms with Gasteiger partial charge in [0.2, 0.25) is 11.9 Å². The molecule has 1 aliphatic carbocycles. The lowest BCUT2D eigenvalue weighted by Gasteiger charge is -2.36. The summed E-state index contributed by atoms with van der Waals surface area (Å²) in [5.41, 5.74) is 0. The molecular weight excluding hydrogens is 290 g/mol. The van der Waals surface area contributed by atoms with Crippen molar-refractivity contribution >= 4 is 11.9 Å². The molecule has 1 amide bonds. The lowest BCUT2D eigenvalue weighted by Crippen LogP contribution is -2.52. The van der Waals surface area contributed by atoms with Crippen LogP contribution in [0.3, 0.4) is 0 Å². The largest absolute Gasteiger partial charge is 0.338 e. The number of piperazine rings is 1. The van der Waals surface area contributed by atoms with Crippen molar-refractivity contribution in [2.45, 2.75) is 31.7 Å². The third-order valence-electron chi connectivity index (χ3n) is 5.39. The van der Waals surface area contributed by atoms with Gasteiger partial charge in [0.15, 0.2) is 0 Å². The molecule has 0 spiro atoms. The molecule has 1 aromatic heterocycles. The van der Waals surface area contributed by atoms with Crippen LogP contribution < -0.4 is 4.90 Å². The molecule has 0 N–H and O–H groups in total. The minimum absolute atomic E-state index is 0.297. The van der Waals surface area contributed by atoms with E-state index in [1.54, 1.807) is 12.4 Å². The van der Waals surface area contributed by atoms with E-state index in [2.05, 4.69) is 19.8 Å². The SMILES string of the molecule is O=C(CN1CCCC1C1CC1)N1CCN(c2ncccn2)CC1. The maximum absolute atomic E-state index is 12.6. The molecule has 0 radical (unpaired) electrons. The van der Waals surface area contributed by atoms with Gasteiger partial charge in [-0.25, -0.2) is 9.97 Å². The van der Waals surface area contributed by atoms with Crippen LogP contribution in [0.4, 0.5) is 5.95 Å². The second-order valence-corrected chi connectivity index (χ2v) is 6.93. The Balaban J connectivity index is 1.29. The Morgan fingerprint density at radius 1 is 1.04 bits per heavy atom. The molecule has 2 aliphatic heterocycles. The molecule has 0 aromatic carbocycles. The van der Waals surface area contributed by atoms with Gasteiger partial charge in [0, 0.05) is 44.6 Å². The van der Waals surface area contributed by atoms with Crippen LogP contribution in [0.2, 0.25) is 0 Å². The van der Waals surface area contributed by atoms with E-state index < -0.39 is 0 Å². The highest BCUT2D eigenvalue weighted by molar-refractivity contribution is 5.78. The normalized spacial score (nSPS) is 25.8. The maximum Gasteiger partial charge on any atom is 0.236 e. The first-order chi connectivity index (χ1) is 11.3. The number of hydrogen-bond acceptors (Lipinski definition) is 5. The molecule has 6 nitrogen and oxygen atoms in total. The quantitative estimate of drug-likeness (QED) is 0.830. The van der Waals surface area contributed by atoms with Crippen molar-refractivity contribution in [1.29, 1.82) is 0 Å². The summed E-state index contributed by atoms with van der Waals surface area (Å²) in [5, 5.41) is 0. The van der Waals surface area contributed by atoms with E-state index in [9.17, 15) is 4.79 Å². The zero-order chi connectivity index (χ0) is 15.6. The average Bonchev–Trinajstić information content (AvgIpc) is 3.35. The first-order valence-electron chi connectivity index (χ1n) is 8.85. The fourth-order valence-electron chi connectivity index (χ4n) is 3.95. The Kier molecular flexibility index (Phi) is 4.16. The van der Waals surface area contributed by atoms with Gasteiger partial charge < -0.3 is 9.80 Å². The van der Waals surface area contributed by atoms with Crippen molar-refractivity contribution in [3.8, 4) is 0 Å². The number of likely N-dealkylation sites (tertiary alicyclic amines) is 1. The van der Waals surface area contributed by atoms with Crippen molar-refractivity contribution in [2.75, 3.05) is 44.2 Å². The van der Waals surface area contributed by atoms with Crippen molar-refractivity contribution in [3.05, 3.63) is 18.5 Å². The number of nitrogens with zero attached hydrogens (tertiary/aromatic N) is 5. The predicted octanol–water partition coefficient (Wildman–Crippen LogP) is 1.000. The Labute approximate surface area is 137 Å². The van der Waals surface area contributed by atoms with Gasteiger partial charge in [-0.3, -0.25) is 9.69 Å². The van der Waals surface area contributed by atoms with E-state index in [1.165, 1.54) is 25.7 Å². The van der Waals surface area contributed by atoms with Gasteiger partial charge >= 0.3 is 0 Å². The van der Waals surface area contributed by atoms with Gasteiger partial charge in [0.1, 0.15) is 0 Å². The smallest absolute Gasteiger partial charge is 0.236 e. The Hall–Kier alpha value is -1.69. The van der Waals surface area contributed by atoms with Crippen LogP contribution in [0.5, 0.6) is 0 Å². The van der Waals surface area contributed by atoms with E-state index in [0.29, 0.717) is 18.5 Å². The van der Waals surface area contributed by atoms with Crippen LogP contribution in [0.1, 0.15) is 25.7 Å². The third-order valence-corrected chi connectivity index (χ3v) is 5.39. The molecule has 1 unspecified atom stereocenters. The van der Waals surface area contributed by atoms with Crippen LogP contribution >= 0.6 is 0 Å². The first kappa shape index (κ1) is 14.9. The molecule has 1 aromatic rings. The Bertz CT molecular complexity index is 539. The first-order valence-corrected chi connectivity index (χ1v) is 8.85. The van der Waals surface area contributed by atoms with Crippen molar-refractivity contribution in [1.82, 2.24) is 19.8 Å². The number of aromatic nitrogens is 2.